The highest BCUT2D eigenvalue weighted by atomic mass is 16.2. The summed E-state index contributed by atoms with van der Waals surface area (Å²) in [6.07, 6.45) is 1.84. The monoisotopic (exact) mass is 227 g/mol. The van der Waals surface area contributed by atoms with Gasteiger partial charge in [0.2, 0.25) is 5.91 Å². The van der Waals surface area contributed by atoms with Crippen molar-refractivity contribution < 1.29 is 4.79 Å². The molecule has 0 bridgehead atoms. The molecule has 1 saturated heterocycles. The van der Waals surface area contributed by atoms with Gasteiger partial charge in [-0.1, -0.05) is 13.8 Å². The van der Waals surface area contributed by atoms with E-state index in [-0.39, 0.29) is 11.9 Å². The molecule has 1 aliphatic rings. The molecule has 0 radical (unpaired) electrons. The zero-order valence-corrected chi connectivity index (χ0v) is 10.9. The zero-order valence-electron chi connectivity index (χ0n) is 10.9. The van der Waals surface area contributed by atoms with E-state index in [1.54, 1.807) is 0 Å². The van der Waals surface area contributed by atoms with Gasteiger partial charge in [0.25, 0.3) is 0 Å². The maximum absolute atomic E-state index is 12.0. The van der Waals surface area contributed by atoms with Crippen LogP contribution in [0.25, 0.3) is 0 Å². The largest absolute Gasteiger partial charge is 0.340 e. The lowest BCUT2D eigenvalue weighted by atomic mass is 10.0. The second-order valence-electron chi connectivity index (χ2n) is 5.43. The Kier molecular flexibility index (Phi) is 4.74. The van der Waals surface area contributed by atoms with Crippen molar-refractivity contribution in [3.05, 3.63) is 0 Å². The number of nitrogens with zero attached hydrogens (tertiary/aromatic N) is 2. The number of amides is 1. The number of rotatable bonds is 4. The highest BCUT2D eigenvalue weighted by molar-refractivity contribution is 5.81. The summed E-state index contributed by atoms with van der Waals surface area (Å²) in [6, 6.07) is 0.177. The number of carbonyl (C=O) groups is 1. The molecule has 4 heteroatoms. The van der Waals surface area contributed by atoms with Gasteiger partial charge in [0.05, 0.1) is 6.04 Å². The van der Waals surface area contributed by atoms with Crippen LogP contribution in [0.5, 0.6) is 0 Å². The van der Waals surface area contributed by atoms with Gasteiger partial charge >= 0.3 is 0 Å². The first-order valence-corrected chi connectivity index (χ1v) is 6.12. The van der Waals surface area contributed by atoms with E-state index >= 15 is 0 Å². The van der Waals surface area contributed by atoms with E-state index in [9.17, 15) is 4.79 Å². The molecular weight excluding hydrogens is 202 g/mol. The first-order chi connectivity index (χ1) is 7.41. The van der Waals surface area contributed by atoms with Gasteiger partial charge < -0.3 is 15.5 Å². The quantitative estimate of drug-likeness (QED) is 0.762. The SMILES string of the molecule is CC(C)C[C@H](N)C(=O)N1CC[C@H](N(C)C)C1. The van der Waals surface area contributed by atoms with Crippen LogP contribution in [0.1, 0.15) is 26.7 Å². The summed E-state index contributed by atoms with van der Waals surface area (Å²) in [6.45, 7) is 5.88. The molecule has 1 aliphatic heterocycles. The summed E-state index contributed by atoms with van der Waals surface area (Å²) in [7, 11) is 4.12. The first kappa shape index (κ1) is 13.5. The van der Waals surface area contributed by atoms with Crippen molar-refractivity contribution in [3.8, 4) is 0 Å². The van der Waals surface area contributed by atoms with Gasteiger partial charge in [-0.05, 0) is 32.9 Å². The fraction of sp³-hybridized carbons (Fsp3) is 0.917. The molecule has 0 aromatic heterocycles. The molecule has 2 N–H and O–H groups in total. The molecule has 0 aromatic rings. The molecule has 1 rings (SSSR count). The van der Waals surface area contributed by atoms with E-state index in [1.807, 2.05) is 4.90 Å². The van der Waals surface area contributed by atoms with Crippen LogP contribution in [0.15, 0.2) is 0 Å². The van der Waals surface area contributed by atoms with Gasteiger partial charge in [0.1, 0.15) is 0 Å². The van der Waals surface area contributed by atoms with Crippen LogP contribution < -0.4 is 5.73 Å². The zero-order chi connectivity index (χ0) is 12.3. The minimum Gasteiger partial charge on any atom is -0.340 e. The fourth-order valence-corrected chi connectivity index (χ4v) is 2.21. The number of likely N-dealkylation sites (N-methyl/N-ethyl adjacent to an activating group) is 1. The molecule has 2 atom stereocenters. The average molecular weight is 227 g/mol. The standard InChI is InChI=1S/C12H25N3O/c1-9(2)7-11(13)12(16)15-6-5-10(8-15)14(3)4/h9-11H,5-8,13H2,1-4H3/t10-,11-/m0/s1. The molecular formula is C12H25N3O. The molecule has 1 amide bonds. The number of likely N-dealkylation sites (tertiary alicyclic amines) is 1. The smallest absolute Gasteiger partial charge is 0.239 e. The molecule has 0 aliphatic carbocycles. The number of hydrogen-bond donors (Lipinski definition) is 1. The van der Waals surface area contributed by atoms with Crippen LogP contribution >= 0.6 is 0 Å². The molecule has 0 aromatic carbocycles. The molecule has 0 unspecified atom stereocenters. The number of hydrogen-bond acceptors (Lipinski definition) is 3. The summed E-state index contributed by atoms with van der Waals surface area (Å²) < 4.78 is 0. The normalized spacial score (nSPS) is 23.2. The van der Waals surface area contributed by atoms with Crippen LogP contribution in [0.4, 0.5) is 0 Å². The van der Waals surface area contributed by atoms with E-state index in [0.29, 0.717) is 12.0 Å². The topological polar surface area (TPSA) is 49.6 Å². The third-order valence-corrected chi connectivity index (χ3v) is 3.25. The van der Waals surface area contributed by atoms with E-state index in [2.05, 4.69) is 32.8 Å². The number of carbonyl (C=O) groups excluding carboxylic acids is 1. The van der Waals surface area contributed by atoms with Crippen molar-refractivity contribution in [1.82, 2.24) is 9.80 Å². The van der Waals surface area contributed by atoms with Crippen LogP contribution in [0, 0.1) is 5.92 Å². The maximum atomic E-state index is 12.0. The summed E-state index contributed by atoms with van der Waals surface area (Å²) in [5, 5.41) is 0. The van der Waals surface area contributed by atoms with Crippen molar-refractivity contribution in [2.24, 2.45) is 11.7 Å². The van der Waals surface area contributed by atoms with Crippen LogP contribution in [-0.4, -0.2) is 55.0 Å². The lowest BCUT2D eigenvalue weighted by Gasteiger charge is -2.23. The van der Waals surface area contributed by atoms with Crippen molar-refractivity contribution in [2.45, 2.75) is 38.8 Å². The minimum absolute atomic E-state index is 0.123. The lowest BCUT2D eigenvalue weighted by Crippen LogP contribution is -2.44. The van der Waals surface area contributed by atoms with Gasteiger partial charge in [-0.15, -0.1) is 0 Å². The Bertz CT molecular complexity index is 240. The van der Waals surface area contributed by atoms with Crippen LogP contribution in [0.2, 0.25) is 0 Å². The first-order valence-electron chi connectivity index (χ1n) is 6.12. The Labute approximate surface area is 98.8 Å². The highest BCUT2D eigenvalue weighted by Gasteiger charge is 2.30. The Hall–Kier alpha value is -0.610. The van der Waals surface area contributed by atoms with Gasteiger partial charge in [-0.2, -0.15) is 0 Å². The predicted molar refractivity (Wildman–Crippen MR) is 66.1 cm³/mol. The fourth-order valence-electron chi connectivity index (χ4n) is 2.21. The minimum atomic E-state index is -0.319. The van der Waals surface area contributed by atoms with Gasteiger partial charge in [-0.25, -0.2) is 0 Å². The second kappa shape index (κ2) is 5.64. The van der Waals surface area contributed by atoms with Gasteiger partial charge in [-0.3, -0.25) is 4.79 Å². The van der Waals surface area contributed by atoms with Crippen molar-refractivity contribution >= 4 is 5.91 Å². The molecule has 0 spiro atoms. The summed E-state index contributed by atoms with van der Waals surface area (Å²) >= 11 is 0. The Morgan fingerprint density at radius 1 is 1.50 bits per heavy atom. The highest BCUT2D eigenvalue weighted by Crippen LogP contribution is 2.15. The summed E-state index contributed by atoms with van der Waals surface area (Å²) in [4.78, 5) is 16.1. The Balaban J connectivity index is 2.44. The Morgan fingerprint density at radius 3 is 2.56 bits per heavy atom. The molecule has 16 heavy (non-hydrogen) atoms. The van der Waals surface area contributed by atoms with E-state index < -0.39 is 0 Å². The van der Waals surface area contributed by atoms with E-state index in [4.69, 9.17) is 5.73 Å². The van der Waals surface area contributed by atoms with Crippen molar-refractivity contribution in [1.29, 1.82) is 0 Å². The molecule has 1 fully saturated rings. The number of nitrogens with two attached hydrogens (primary N) is 1. The lowest BCUT2D eigenvalue weighted by molar-refractivity contribution is -0.132. The average Bonchev–Trinajstić information content (AvgIpc) is 2.64. The van der Waals surface area contributed by atoms with Gasteiger partial charge in [0, 0.05) is 19.1 Å². The molecule has 94 valence electrons. The van der Waals surface area contributed by atoms with E-state index in [1.165, 1.54) is 0 Å². The molecule has 1 heterocycles. The molecule has 0 saturated carbocycles. The summed E-state index contributed by atoms with van der Waals surface area (Å²) in [5.41, 5.74) is 5.91. The Morgan fingerprint density at radius 2 is 2.12 bits per heavy atom. The van der Waals surface area contributed by atoms with Crippen LogP contribution in [0.3, 0.4) is 0 Å². The van der Waals surface area contributed by atoms with E-state index in [0.717, 1.165) is 25.9 Å². The second-order valence-corrected chi connectivity index (χ2v) is 5.43. The molecule has 4 nitrogen and oxygen atoms in total. The maximum Gasteiger partial charge on any atom is 0.239 e. The summed E-state index contributed by atoms with van der Waals surface area (Å²) in [5.74, 6) is 0.601. The predicted octanol–water partition coefficient (Wildman–Crippen LogP) is 0.522. The van der Waals surface area contributed by atoms with Crippen molar-refractivity contribution in [3.63, 3.8) is 0 Å². The third kappa shape index (κ3) is 3.46. The van der Waals surface area contributed by atoms with Crippen molar-refractivity contribution in [2.75, 3.05) is 27.2 Å². The van der Waals surface area contributed by atoms with Crippen LogP contribution in [-0.2, 0) is 4.79 Å². The third-order valence-electron chi connectivity index (χ3n) is 3.25. The van der Waals surface area contributed by atoms with Gasteiger partial charge in [0.15, 0.2) is 0 Å².